The molecule has 2 rings (SSSR count). The van der Waals surface area contributed by atoms with Gasteiger partial charge in [-0.1, -0.05) is 13.3 Å². The highest BCUT2D eigenvalue weighted by molar-refractivity contribution is 6.02. The summed E-state index contributed by atoms with van der Waals surface area (Å²) in [7, 11) is 3.94. The number of amides is 1. The van der Waals surface area contributed by atoms with Crippen LogP contribution >= 0.6 is 0 Å². The van der Waals surface area contributed by atoms with E-state index >= 15 is 0 Å². The lowest BCUT2D eigenvalue weighted by atomic mass is 10.2. The molecule has 1 amide bonds. The highest BCUT2D eigenvalue weighted by Gasteiger charge is 2.09. The zero-order valence-corrected chi connectivity index (χ0v) is 13.8. The van der Waals surface area contributed by atoms with E-state index in [-0.39, 0.29) is 5.91 Å². The molecule has 0 saturated heterocycles. The minimum absolute atomic E-state index is 0.268. The average molecular weight is 313 g/mol. The normalized spacial score (nSPS) is 10.2. The molecule has 23 heavy (non-hydrogen) atoms. The summed E-state index contributed by atoms with van der Waals surface area (Å²) in [6.07, 6.45) is 2.19. The van der Waals surface area contributed by atoms with Gasteiger partial charge in [0.15, 0.2) is 5.69 Å². The van der Waals surface area contributed by atoms with E-state index in [0.717, 1.165) is 30.8 Å². The molecule has 0 atom stereocenters. The third kappa shape index (κ3) is 4.95. The van der Waals surface area contributed by atoms with E-state index in [1.165, 1.54) is 0 Å². The van der Waals surface area contributed by atoms with Crippen molar-refractivity contribution in [3.8, 4) is 0 Å². The standard InChI is InChI=1S/C17H23N5O/c1-4-5-12-18-16-11-10-15(20-21-16)17(23)19-13-6-8-14(9-7-13)22(2)3/h6-11H,4-5,12H2,1-3H3,(H,18,21)(H,19,23). The van der Waals surface area contributed by atoms with Crippen molar-refractivity contribution >= 4 is 23.1 Å². The molecule has 2 N–H and O–H groups in total. The van der Waals surface area contributed by atoms with Crippen molar-refractivity contribution in [2.45, 2.75) is 19.8 Å². The second kappa shape index (κ2) is 8.12. The van der Waals surface area contributed by atoms with Crippen LogP contribution in [0, 0.1) is 0 Å². The Morgan fingerprint density at radius 2 is 1.83 bits per heavy atom. The monoisotopic (exact) mass is 313 g/mol. The van der Waals surface area contributed by atoms with Crippen LogP contribution in [0.5, 0.6) is 0 Å². The van der Waals surface area contributed by atoms with Crippen molar-refractivity contribution < 1.29 is 4.79 Å². The van der Waals surface area contributed by atoms with E-state index in [0.29, 0.717) is 11.5 Å². The zero-order valence-electron chi connectivity index (χ0n) is 13.8. The van der Waals surface area contributed by atoms with Gasteiger partial charge in [-0.2, -0.15) is 0 Å². The van der Waals surface area contributed by atoms with Gasteiger partial charge < -0.3 is 15.5 Å². The van der Waals surface area contributed by atoms with Crippen LogP contribution in [0.2, 0.25) is 0 Å². The lowest BCUT2D eigenvalue weighted by Crippen LogP contribution is -2.15. The van der Waals surface area contributed by atoms with E-state index in [4.69, 9.17) is 0 Å². The molecule has 0 fully saturated rings. The summed E-state index contributed by atoms with van der Waals surface area (Å²) >= 11 is 0. The van der Waals surface area contributed by atoms with Crippen LogP contribution in [-0.4, -0.2) is 36.7 Å². The Morgan fingerprint density at radius 3 is 2.39 bits per heavy atom. The fraction of sp³-hybridized carbons (Fsp3) is 0.353. The van der Waals surface area contributed by atoms with Crippen LogP contribution < -0.4 is 15.5 Å². The number of benzene rings is 1. The van der Waals surface area contributed by atoms with E-state index < -0.39 is 0 Å². The highest BCUT2D eigenvalue weighted by atomic mass is 16.1. The molecule has 2 aromatic rings. The van der Waals surface area contributed by atoms with Crippen molar-refractivity contribution in [2.24, 2.45) is 0 Å². The third-order valence-electron chi connectivity index (χ3n) is 3.38. The molecule has 0 aliphatic carbocycles. The first kappa shape index (κ1) is 16.7. The Kier molecular flexibility index (Phi) is 5.91. The summed E-state index contributed by atoms with van der Waals surface area (Å²) < 4.78 is 0. The van der Waals surface area contributed by atoms with Crippen LogP contribution in [-0.2, 0) is 0 Å². The number of carbonyl (C=O) groups excluding carboxylic acids is 1. The Balaban J connectivity index is 1.94. The summed E-state index contributed by atoms with van der Waals surface area (Å²) in [4.78, 5) is 14.2. The molecule has 1 aromatic carbocycles. The zero-order chi connectivity index (χ0) is 16.7. The summed E-state index contributed by atoms with van der Waals surface area (Å²) in [5, 5.41) is 14.0. The molecule has 122 valence electrons. The average Bonchev–Trinajstić information content (AvgIpc) is 2.56. The van der Waals surface area contributed by atoms with Gasteiger partial charge in [0.1, 0.15) is 5.82 Å². The topological polar surface area (TPSA) is 70.2 Å². The number of aromatic nitrogens is 2. The molecule has 0 saturated carbocycles. The molecule has 6 nitrogen and oxygen atoms in total. The number of rotatable bonds is 7. The first-order chi connectivity index (χ1) is 11.1. The molecular formula is C17H23N5O. The molecule has 0 aliphatic rings. The van der Waals surface area contributed by atoms with E-state index in [9.17, 15) is 4.79 Å². The van der Waals surface area contributed by atoms with Crippen molar-refractivity contribution in [1.29, 1.82) is 0 Å². The molecule has 0 bridgehead atoms. The van der Waals surface area contributed by atoms with Gasteiger partial charge in [0, 0.05) is 32.0 Å². The van der Waals surface area contributed by atoms with Crippen molar-refractivity contribution in [3.05, 3.63) is 42.1 Å². The lowest BCUT2D eigenvalue weighted by Gasteiger charge is -2.13. The van der Waals surface area contributed by atoms with Gasteiger partial charge >= 0.3 is 0 Å². The fourth-order valence-electron chi connectivity index (χ4n) is 1.98. The maximum absolute atomic E-state index is 12.2. The quantitative estimate of drug-likeness (QED) is 0.769. The Hall–Kier alpha value is -2.63. The first-order valence-corrected chi connectivity index (χ1v) is 7.76. The maximum atomic E-state index is 12.2. The molecule has 0 spiro atoms. The highest BCUT2D eigenvalue weighted by Crippen LogP contribution is 2.16. The molecule has 0 aliphatic heterocycles. The second-order valence-electron chi connectivity index (χ2n) is 5.48. The van der Waals surface area contributed by atoms with Gasteiger partial charge in [-0.3, -0.25) is 4.79 Å². The van der Waals surface area contributed by atoms with Gasteiger partial charge in [0.05, 0.1) is 0 Å². The van der Waals surface area contributed by atoms with Crippen LogP contribution in [0.1, 0.15) is 30.3 Å². The number of carbonyl (C=O) groups is 1. The summed E-state index contributed by atoms with van der Waals surface area (Å²) in [6.45, 7) is 2.99. The summed E-state index contributed by atoms with van der Waals surface area (Å²) in [5.41, 5.74) is 2.10. The Bertz CT molecular complexity index is 622. The Morgan fingerprint density at radius 1 is 1.09 bits per heavy atom. The SMILES string of the molecule is CCCCNc1ccc(C(=O)Nc2ccc(N(C)C)cc2)nn1. The number of unbranched alkanes of at least 4 members (excludes halogenated alkanes) is 1. The van der Waals surface area contributed by atoms with Crippen molar-refractivity contribution in [2.75, 3.05) is 36.2 Å². The predicted molar refractivity (Wildman–Crippen MR) is 94.2 cm³/mol. The van der Waals surface area contributed by atoms with Crippen LogP contribution in [0.3, 0.4) is 0 Å². The molecule has 6 heteroatoms. The number of nitrogens with zero attached hydrogens (tertiary/aromatic N) is 3. The second-order valence-corrected chi connectivity index (χ2v) is 5.48. The van der Waals surface area contributed by atoms with Gasteiger partial charge in [-0.15, -0.1) is 10.2 Å². The molecule has 1 heterocycles. The van der Waals surface area contributed by atoms with Crippen LogP contribution in [0.4, 0.5) is 17.2 Å². The van der Waals surface area contributed by atoms with Crippen LogP contribution in [0.15, 0.2) is 36.4 Å². The van der Waals surface area contributed by atoms with Crippen molar-refractivity contribution in [3.63, 3.8) is 0 Å². The molecule has 1 aromatic heterocycles. The van der Waals surface area contributed by atoms with Gasteiger partial charge in [-0.25, -0.2) is 0 Å². The molecule has 0 radical (unpaired) electrons. The minimum Gasteiger partial charge on any atom is -0.378 e. The van der Waals surface area contributed by atoms with E-state index in [1.807, 2.05) is 43.3 Å². The van der Waals surface area contributed by atoms with Crippen LogP contribution in [0.25, 0.3) is 0 Å². The fourth-order valence-corrected chi connectivity index (χ4v) is 1.98. The number of hydrogen-bond acceptors (Lipinski definition) is 5. The largest absolute Gasteiger partial charge is 0.378 e. The first-order valence-electron chi connectivity index (χ1n) is 7.76. The molecule has 0 unspecified atom stereocenters. The van der Waals surface area contributed by atoms with Crippen molar-refractivity contribution in [1.82, 2.24) is 10.2 Å². The minimum atomic E-state index is -0.268. The smallest absolute Gasteiger partial charge is 0.276 e. The summed E-state index contributed by atoms with van der Waals surface area (Å²) in [6, 6.07) is 11.1. The maximum Gasteiger partial charge on any atom is 0.276 e. The Labute approximate surface area is 136 Å². The van der Waals surface area contributed by atoms with E-state index in [2.05, 4.69) is 27.8 Å². The van der Waals surface area contributed by atoms with Gasteiger partial charge in [-0.05, 0) is 42.8 Å². The molecular weight excluding hydrogens is 290 g/mol. The number of nitrogens with one attached hydrogen (secondary N) is 2. The third-order valence-corrected chi connectivity index (χ3v) is 3.38. The lowest BCUT2D eigenvalue weighted by molar-refractivity contribution is 0.102. The van der Waals surface area contributed by atoms with Gasteiger partial charge in [0.2, 0.25) is 0 Å². The van der Waals surface area contributed by atoms with E-state index in [1.54, 1.807) is 12.1 Å². The number of hydrogen-bond donors (Lipinski definition) is 2. The number of anilines is 3. The van der Waals surface area contributed by atoms with Gasteiger partial charge in [0.25, 0.3) is 5.91 Å². The summed E-state index contributed by atoms with van der Waals surface area (Å²) in [5.74, 6) is 0.417. The predicted octanol–water partition coefficient (Wildman–Crippen LogP) is 3.01.